The SMILES string of the molecule is CCc1ccc(OC(CC)C(=O)NCCOc2ccc(C(C)(C)C)cc2)cc1. The molecule has 0 heterocycles. The van der Waals surface area contributed by atoms with Gasteiger partial charge in [0.25, 0.3) is 5.91 Å². The first-order valence-electron chi connectivity index (χ1n) is 10.1. The maximum Gasteiger partial charge on any atom is 0.261 e. The minimum Gasteiger partial charge on any atom is -0.492 e. The predicted octanol–water partition coefficient (Wildman–Crippen LogP) is 4.90. The van der Waals surface area contributed by atoms with E-state index in [0.29, 0.717) is 19.6 Å². The fourth-order valence-corrected chi connectivity index (χ4v) is 2.80. The molecule has 0 aliphatic carbocycles. The third-order valence-electron chi connectivity index (χ3n) is 4.66. The molecule has 1 N–H and O–H groups in total. The summed E-state index contributed by atoms with van der Waals surface area (Å²) in [5.41, 5.74) is 2.64. The van der Waals surface area contributed by atoms with Gasteiger partial charge in [-0.15, -0.1) is 0 Å². The Bertz CT molecular complexity index is 730. The second-order valence-corrected chi connectivity index (χ2v) is 7.93. The molecule has 0 bridgehead atoms. The van der Waals surface area contributed by atoms with Crippen LogP contribution >= 0.6 is 0 Å². The second kappa shape index (κ2) is 10.2. The molecule has 0 fully saturated rings. The molecule has 1 unspecified atom stereocenters. The number of hydrogen-bond acceptors (Lipinski definition) is 3. The number of amides is 1. The highest BCUT2D eigenvalue weighted by molar-refractivity contribution is 5.81. The highest BCUT2D eigenvalue weighted by Gasteiger charge is 2.18. The average molecular weight is 384 g/mol. The molecule has 0 aliphatic heterocycles. The molecule has 0 radical (unpaired) electrons. The molecule has 2 rings (SSSR count). The van der Waals surface area contributed by atoms with Crippen LogP contribution in [0.2, 0.25) is 0 Å². The smallest absolute Gasteiger partial charge is 0.261 e. The van der Waals surface area contributed by atoms with E-state index in [-0.39, 0.29) is 11.3 Å². The Labute approximate surface area is 169 Å². The van der Waals surface area contributed by atoms with Gasteiger partial charge in [0, 0.05) is 0 Å². The minimum absolute atomic E-state index is 0.117. The van der Waals surface area contributed by atoms with Gasteiger partial charge in [0.2, 0.25) is 0 Å². The number of benzene rings is 2. The standard InChI is InChI=1S/C24H33NO3/c1-6-18-8-12-21(13-9-18)28-22(7-2)23(26)25-16-17-27-20-14-10-19(11-15-20)24(3,4)5/h8-15,22H,6-7,16-17H2,1-5H3,(H,25,26). The molecular weight excluding hydrogens is 350 g/mol. The van der Waals surface area contributed by atoms with Gasteiger partial charge in [-0.1, -0.05) is 58.9 Å². The van der Waals surface area contributed by atoms with E-state index in [9.17, 15) is 4.79 Å². The molecule has 0 aliphatic rings. The van der Waals surface area contributed by atoms with Crippen LogP contribution in [0.3, 0.4) is 0 Å². The van der Waals surface area contributed by atoms with Crippen molar-refractivity contribution in [3.05, 3.63) is 59.7 Å². The quantitative estimate of drug-likeness (QED) is 0.627. The molecule has 1 amide bonds. The van der Waals surface area contributed by atoms with Gasteiger partial charge in [0.1, 0.15) is 18.1 Å². The third kappa shape index (κ3) is 6.59. The van der Waals surface area contributed by atoms with Crippen LogP contribution in [-0.4, -0.2) is 25.2 Å². The molecule has 0 saturated carbocycles. The van der Waals surface area contributed by atoms with E-state index in [2.05, 4.69) is 45.1 Å². The molecule has 0 saturated heterocycles. The maximum atomic E-state index is 12.4. The molecule has 2 aromatic rings. The van der Waals surface area contributed by atoms with Gasteiger partial charge < -0.3 is 14.8 Å². The van der Waals surface area contributed by atoms with E-state index in [1.807, 2.05) is 43.3 Å². The largest absolute Gasteiger partial charge is 0.492 e. The predicted molar refractivity (Wildman–Crippen MR) is 114 cm³/mol. The summed E-state index contributed by atoms with van der Waals surface area (Å²) in [6.45, 7) is 11.5. The summed E-state index contributed by atoms with van der Waals surface area (Å²) in [6, 6.07) is 16.0. The van der Waals surface area contributed by atoms with Crippen LogP contribution < -0.4 is 14.8 Å². The molecule has 152 valence electrons. The maximum absolute atomic E-state index is 12.4. The van der Waals surface area contributed by atoms with Crippen molar-refractivity contribution in [3.63, 3.8) is 0 Å². The fraction of sp³-hybridized carbons (Fsp3) is 0.458. The zero-order valence-corrected chi connectivity index (χ0v) is 17.7. The summed E-state index contributed by atoms with van der Waals surface area (Å²) in [5.74, 6) is 1.41. The molecule has 1 atom stereocenters. The van der Waals surface area contributed by atoms with Crippen LogP contribution in [0.25, 0.3) is 0 Å². The van der Waals surface area contributed by atoms with Gasteiger partial charge in [0.15, 0.2) is 6.10 Å². The highest BCUT2D eigenvalue weighted by Crippen LogP contribution is 2.24. The molecule has 28 heavy (non-hydrogen) atoms. The number of aryl methyl sites for hydroxylation is 1. The van der Waals surface area contributed by atoms with E-state index in [1.54, 1.807) is 0 Å². The molecular formula is C24H33NO3. The molecule has 4 heteroatoms. The van der Waals surface area contributed by atoms with E-state index in [0.717, 1.165) is 17.9 Å². The van der Waals surface area contributed by atoms with Gasteiger partial charge >= 0.3 is 0 Å². The van der Waals surface area contributed by atoms with E-state index < -0.39 is 6.10 Å². The van der Waals surface area contributed by atoms with Crippen molar-refractivity contribution in [2.24, 2.45) is 0 Å². The fourth-order valence-electron chi connectivity index (χ4n) is 2.80. The highest BCUT2D eigenvalue weighted by atomic mass is 16.5. The lowest BCUT2D eigenvalue weighted by atomic mass is 9.87. The summed E-state index contributed by atoms with van der Waals surface area (Å²) in [5, 5.41) is 2.89. The van der Waals surface area contributed by atoms with Crippen molar-refractivity contribution in [2.45, 2.75) is 59.0 Å². The second-order valence-electron chi connectivity index (χ2n) is 7.93. The molecule has 4 nitrogen and oxygen atoms in total. The summed E-state index contributed by atoms with van der Waals surface area (Å²) >= 11 is 0. The molecule has 0 aromatic heterocycles. The van der Waals surface area contributed by atoms with Crippen molar-refractivity contribution in [3.8, 4) is 11.5 Å². The molecule has 0 spiro atoms. The first-order valence-corrected chi connectivity index (χ1v) is 10.1. The number of ether oxygens (including phenoxy) is 2. The lowest BCUT2D eigenvalue weighted by molar-refractivity contribution is -0.128. The Morgan fingerprint density at radius 1 is 0.964 bits per heavy atom. The van der Waals surface area contributed by atoms with E-state index >= 15 is 0 Å². The summed E-state index contributed by atoms with van der Waals surface area (Å²) in [4.78, 5) is 12.4. The van der Waals surface area contributed by atoms with Crippen LogP contribution in [0, 0.1) is 0 Å². The van der Waals surface area contributed by atoms with Crippen LogP contribution in [0.5, 0.6) is 11.5 Å². The minimum atomic E-state index is -0.501. The number of nitrogens with one attached hydrogen (secondary N) is 1. The number of rotatable bonds is 9. The van der Waals surface area contributed by atoms with Gasteiger partial charge in [0.05, 0.1) is 6.54 Å². The lowest BCUT2D eigenvalue weighted by Gasteiger charge is -2.19. The van der Waals surface area contributed by atoms with Crippen molar-refractivity contribution in [1.82, 2.24) is 5.32 Å². The van der Waals surface area contributed by atoms with Gasteiger partial charge in [-0.2, -0.15) is 0 Å². The zero-order valence-electron chi connectivity index (χ0n) is 17.7. The normalized spacial score (nSPS) is 12.3. The Kier molecular flexibility index (Phi) is 7.91. The van der Waals surface area contributed by atoms with Gasteiger partial charge in [-0.05, 0) is 53.6 Å². The van der Waals surface area contributed by atoms with Crippen LogP contribution in [0.15, 0.2) is 48.5 Å². The summed E-state index contributed by atoms with van der Waals surface area (Å²) in [7, 11) is 0. The monoisotopic (exact) mass is 383 g/mol. The third-order valence-corrected chi connectivity index (χ3v) is 4.66. The topological polar surface area (TPSA) is 47.6 Å². The first-order chi connectivity index (χ1) is 13.3. The molecule has 2 aromatic carbocycles. The number of carbonyl (C=O) groups is 1. The van der Waals surface area contributed by atoms with E-state index in [1.165, 1.54) is 11.1 Å². The summed E-state index contributed by atoms with van der Waals surface area (Å²) < 4.78 is 11.6. The first kappa shape index (κ1) is 21.8. The van der Waals surface area contributed by atoms with Crippen molar-refractivity contribution in [2.75, 3.05) is 13.2 Å². The Morgan fingerprint density at radius 3 is 2.11 bits per heavy atom. The zero-order chi connectivity index (χ0) is 20.6. The number of carbonyl (C=O) groups excluding carboxylic acids is 1. The van der Waals surface area contributed by atoms with Crippen molar-refractivity contribution < 1.29 is 14.3 Å². The Morgan fingerprint density at radius 2 is 1.57 bits per heavy atom. The van der Waals surface area contributed by atoms with Crippen LogP contribution in [0.4, 0.5) is 0 Å². The van der Waals surface area contributed by atoms with Crippen LogP contribution in [-0.2, 0) is 16.6 Å². The van der Waals surface area contributed by atoms with Gasteiger partial charge in [-0.3, -0.25) is 4.79 Å². The Hall–Kier alpha value is -2.49. The summed E-state index contributed by atoms with van der Waals surface area (Å²) in [6.07, 6.45) is 1.09. The lowest BCUT2D eigenvalue weighted by Crippen LogP contribution is -2.39. The Balaban J connectivity index is 1.76. The van der Waals surface area contributed by atoms with E-state index in [4.69, 9.17) is 9.47 Å². The van der Waals surface area contributed by atoms with Gasteiger partial charge in [-0.25, -0.2) is 0 Å². The number of hydrogen-bond donors (Lipinski definition) is 1. The average Bonchev–Trinajstić information content (AvgIpc) is 2.69. The van der Waals surface area contributed by atoms with Crippen molar-refractivity contribution >= 4 is 5.91 Å². The van der Waals surface area contributed by atoms with Crippen molar-refractivity contribution in [1.29, 1.82) is 0 Å². The van der Waals surface area contributed by atoms with Crippen LogP contribution in [0.1, 0.15) is 52.2 Å².